The number of nitrogens with one attached hydrogen (secondary N) is 2. The maximum Gasteiger partial charge on any atom is 0.238 e. The smallest absolute Gasteiger partial charge is 0.238 e. The van der Waals surface area contributed by atoms with Crippen LogP contribution in [0.3, 0.4) is 0 Å². The molecule has 0 radical (unpaired) electrons. The number of rotatable bonds is 7. The molecule has 0 spiro atoms. The monoisotopic (exact) mass is 433 g/mol. The lowest BCUT2D eigenvalue weighted by atomic mass is 10.1. The number of hydrogen-bond acceptors (Lipinski definition) is 5. The van der Waals surface area contributed by atoms with Crippen molar-refractivity contribution in [3.63, 3.8) is 0 Å². The molecule has 3 rings (SSSR count). The molecule has 0 aliphatic carbocycles. The molecule has 2 fully saturated rings. The molecule has 2 aliphatic heterocycles. The first kappa shape index (κ1) is 22.9. The van der Waals surface area contributed by atoms with E-state index in [2.05, 4.69) is 25.3 Å². The number of carbonyl (C=O) groups is 1. The van der Waals surface area contributed by atoms with Crippen molar-refractivity contribution in [2.45, 2.75) is 20.3 Å². The lowest BCUT2D eigenvalue weighted by Gasteiger charge is -2.36. The van der Waals surface area contributed by atoms with Gasteiger partial charge in [-0.25, -0.2) is 0 Å². The van der Waals surface area contributed by atoms with Crippen molar-refractivity contribution < 1.29 is 9.53 Å². The Balaban J connectivity index is 1.32. The second-order valence-corrected chi connectivity index (χ2v) is 8.50. The average molecular weight is 434 g/mol. The largest absolute Gasteiger partial charge is 0.379 e. The van der Waals surface area contributed by atoms with Gasteiger partial charge in [-0.05, 0) is 50.2 Å². The predicted molar refractivity (Wildman–Crippen MR) is 125 cm³/mol. The molecule has 2 saturated heterocycles. The summed E-state index contributed by atoms with van der Waals surface area (Å²) in [6.07, 6.45) is 1.08. The molecule has 2 aliphatic rings. The van der Waals surface area contributed by atoms with Gasteiger partial charge in [-0.2, -0.15) is 0 Å². The quantitative estimate of drug-likeness (QED) is 0.499. The zero-order valence-corrected chi connectivity index (χ0v) is 19.1. The van der Waals surface area contributed by atoms with E-state index in [-0.39, 0.29) is 5.91 Å². The predicted octanol–water partition coefficient (Wildman–Crippen LogP) is 1.46. The van der Waals surface area contributed by atoms with E-state index < -0.39 is 0 Å². The van der Waals surface area contributed by atoms with Crippen molar-refractivity contribution in [1.82, 2.24) is 20.0 Å². The van der Waals surface area contributed by atoms with E-state index in [4.69, 9.17) is 17.0 Å². The number of aryl methyl sites for hydroxylation is 2. The van der Waals surface area contributed by atoms with Crippen LogP contribution in [-0.2, 0) is 9.53 Å². The maximum absolute atomic E-state index is 12.5. The Morgan fingerprint density at radius 1 is 1.03 bits per heavy atom. The van der Waals surface area contributed by atoms with Crippen LogP contribution in [-0.4, -0.2) is 97.8 Å². The summed E-state index contributed by atoms with van der Waals surface area (Å²) in [5.74, 6) is 0.0460. The minimum Gasteiger partial charge on any atom is -0.379 e. The van der Waals surface area contributed by atoms with Crippen LogP contribution in [0.15, 0.2) is 18.2 Å². The van der Waals surface area contributed by atoms with Gasteiger partial charge in [0.1, 0.15) is 0 Å². The zero-order chi connectivity index (χ0) is 21.3. The number of carbonyl (C=O) groups excluding carboxylic acids is 1. The highest BCUT2D eigenvalue weighted by Crippen LogP contribution is 2.19. The number of morpholine rings is 1. The van der Waals surface area contributed by atoms with Crippen molar-refractivity contribution in [2.24, 2.45) is 0 Å². The molecular formula is C22H35N5O2S. The van der Waals surface area contributed by atoms with Crippen LogP contribution in [0.2, 0.25) is 0 Å². The van der Waals surface area contributed by atoms with Crippen molar-refractivity contribution in [3.8, 4) is 0 Å². The van der Waals surface area contributed by atoms with E-state index in [1.807, 2.05) is 32.0 Å². The van der Waals surface area contributed by atoms with Crippen LogP contribution in [0.5, 0.6) is 0 Å². The Hall–Kier alpha value is -1.74. The number of para-hydroxylation sites is 1. The highest BCUT2D eigenvalue weighted by Gasteiger charge is 2.21. The minimum absolute atomic E-state index is 0.0460. The van der Waals surface area contributed by atoms with Gasteiger partial charge in [0.15, 0.2) is 5.11 Å². The van der Waals surface area contributed by atoms with Gasteiger partial charge in [0.2, 0.25) is 5.91 Å². The topological polar surface area (TPSA) is 60.1 Å². The first-order valence-corrected chi connectivity index (χ1v) is 11.3. The van der Waals surface area contributed by atoms with Crippen molar-refractivity contribution in [2.75, 3.05) is 77.4 Å². The van der Waals surface area contributed by atoms with Crippen LogP contribution >= 0.6 is 12.2 Å². The van der Waals surface area contributed by atoms with Crippen LogP contribution in [0.25, 0.3) is 0 Å². The van der Waals surface area contributed by atoms with E-state index in [9.17, 15) is 4.79 Å². The Kier molecular flexibility index (Phi) is 8.87. The molecule has 0 saturated carbocycles. The number of benzene rings is 1. The fourth-order valence-corrected chi connectivity index (χ4v) is 4.22. The summed E-state index contributed by atoms with van der Waals surface area (Å²) in [5.41, 5.74) is 3.13. The molecule has 2 N–H and O–H groups in total. The van der Waals surface area contributed by atoms with Crippen molar-refractivity contribution in [1.29, 1.82) is 0 Å². The third kappa shape index (κ3) is 6.91. The summed E-state index contributed by atoms with van der Waals surface area (Å²) >= 11 is 5.57. The number of amides is 1. The highest BCUT2D eigenvalue weighted by atomic mass is 32.1. The number of hydrogen-bond donors (Lipinski definition) is 2. The molecular weight excluding hydrogens is 398 g/mol. The molecule has 1 amide bonds. The Morgan fingerprint density at radius 2 is 1.70 bits per heavy atom. The van der Waals surface area contributed by atoms with Gasteiger partial charge in [-0.15, -0.1) is 0 Å². The fourth-order valence-electron chi connectivity index (χ4n) is 3.94. The van der Waals surface area contributed by atoms with Crippen molar-refractivity contribution in [3.05, 3.63) is 29.3 Å². The van der Waals surface area contributed by atoms with Gasteiger partial charge >= 0.3 is 0 Å². The SMILES string of the molecule is Cc1cccc(C)c1NC(=O)CN1CCN(C(=S)NCCCN2CCOCC2)CC1. The first-order chi connectivity index (χ1) is 14.5. The van der Waals surface area contributed by atoms with E-state index in [0.29, 0.717) is 6.54 Å². The molecule has 1 aromatic carbocycles. The second-order valence-electron chi connectivity index (χ2n) is 8.12. The summed E-state index contributed by atoms with van der Waals surface area (Å²) in [6, 6.07) is 6.06. The maximum atomic E-state index is 12.5. The molecule has 0 atom stereocenters. The second kappa shape index (κ2) is 11.6. The van der Waals surface area contributed by atoms with Crippen molar-refractivity contribution >= 4 is 28.9 Å². The number of ether oxygens (including phenoxy) is 1. The Labute approximate surface area is 185 Å². The van der Waals surface area contributed by atoms with E-state index in [0.717, 1.165) is 93.9 Å². The molecule has 166 valence electrons. The van der Waals surface area contributed by atoms with Gasteiger partial charge in [0, 0.05) is 51.5 Å². The standard InChI is InChI=1S/C22H35N5O2S/c1-18-5-3-6-19(2)21(18)24-20(28)17-26-9-11-27(12-10-26)22(30)23-7-4-8-25-13-15-29-16-14-25/h3,5-6H,4,7-17H2,1-2H3,(H,23,30)(H,24,28). The third-order valence-electron chi connectivity index (χ3n) is 5.80. The molecule has 0 aromatic heterocycles. The number of anilines is 1. The molecule has 2 heterocycles. The minimum atomic E-state index is 0.0460. The molecule has 1 aromatic rings. The van der Waals surface area contributed by atoms with Crippen LogP contribution < -0.4 is 10.6 Å². The molecule has 7 nitrogen and oxygen atoms in total. The summed E-state index contributed by atoms with van der Waals surface area (Å²) < 4.78 is 5.38. The van der Waals surface area contributed by atoms with Gasteiger partial charge in [-0.1, -0.05) is 18.2 Å². The van der Waals surface area contributed by atoms with E-state index in [1.54, 1.807) is 0 Å². The normalized spacial score (nSPS) is 18.3. The number of thiocarbonyl (C=S) groups is 1. The van der Waals surface area contributed by atoms with Crippen LogP contribution in [0.4, 0.5) is 5.69 Å². The molecule has 30 heavy (non-hydrogen) atoms. The summed E-state index contributed by atoms with van der Waals surface area (Å²) in [7, 11) is 0. The fraction of sp³-hybridized carbons (Fsp3) is 0.636. The van der Waals surface area contributed by atoms with Crippen LogP contribution in [0, 0.1) is 13.8 Å². The lowest BCUT2D eigenvalue weighted by molar-refractivity contribution is -0.117. The van der Waals surface area contributed by atoms with Gasteiger partial charge < -0.3 is 20.3 Å². The van der Waals surface area contributed by atoms with Gasteiger partial charge in [0.05, 0.1) is 19.8 Å². The summed E-state index contributed by atoms with van der Waals surface area (Å²) in [5, 5.41) is 7.30. The third-order valence-corrected chi connectivity index (χ3v) is 6.21. The average Bonchev–Trinajstić information content (AvgIpc) is 2.75. The van der Waals surface area contributed by atoms with Crippen LogP contribution in [0.1, 0.15) is 17.5 Å². The molecule has 0 unspecified atom stereocenters. The Morgan fingerprint density at radius 3 is 2.37 bits per heavy atom. The highest BCUT2D eigenvalue weighted by molar-refractivity contribution is 7.80. The lowest BCUT2D eigenvalue weighted by Crippen LogP contribution is -2.53. The van der Waals surface area contributed by atoms with E-state index in [1.165, 1.54) is 0 Å². The number of nitrogens with zero attached hydrogens (tertiary/aromatic N) is 3. The van der Waals surface area contributed by atoms with Gasteiger partial charge in [-0.3, -0.25) is 14.6 Å². The molecule has 8 heteroatoms. The van der Waals surface area contributed by atoms with E-state index >= 15 is 0 Å². The number of piperazine rings is 1. The summed E-state index contributed by atoms with van der Waals surface area (Å²) in [6.45, 7) is 13.6. The Bertz CT molecular complexity index is 695. The summed E-state index contributed by atoms with van der Waals surface area (Å²) in [4.78, 5) is 19.3. The first-order valence-electron chi connectivity index (χ1n) is 10.9. The molecule has 0 bridgehead atoms. The van der Waals surface area contributed by atoms with Gasteiger partial charge in [0.25, 0.3) is 0 Å². The zero-order valence-electron chi connectivity index (χ0n) is 18.3.